The molecule has 1 aromatic heterocycles. The average Bonchev–Trinajstić information content (AvgIpc) is 2.64. The number of thioether (sulfide) groups is 1. The van der Waals surface area contributed by atoms with Crippen molar-refractivity contribution in [3.8, 4) is 0 Å². The molecule has 9 heteroatoms. The van der Waals surface area contributed by atoms with Gasteiger partial charge in [-0.1, -0.05) is 19.9 Å². The fraction of sp³-hybridized carbons (Fsp3) is 0.333. The van der Waals surface area contributed by atoms with E-state index in [-0.39, 0.29) is 11.4 Å². The van der Waals surface area contributed by atoms with Crippen LogP contribution < -0.4 is 10.9 Å². The average molecular weight is 410 g/mol. The summed E-state index contributed by atoms with van der Waals surface area (Å²) in [4.78, 5) is 25.4. The smallest absolute Gasteiger partial charge is 0.251 e. The Kier molecular flexibility index (Phi) is 7.23. The molecule has 7 nitrogen and oxygen atoms in total. The molecule has 0 atom stereocenters. The molecule has 1 amide bonds. The summed E-state index contributed by atoms with van der Waals surface area (Å²) in [6, 6.07) is 9.76. The number of sulfonamides is 1. The third kappa shape index (κ3) is 5.21. The predicted octanol–water partition coefficient (Wildman–Crippen LogP) is 2.24. The summed E-state index contributed by atoms with van der Waals surface area (Å²) >= 11 is 1.55. The number of nitrogens with one attached hydrogen (secondary N) is 1. The van der Waals surface area contributed by atoms with Crippen molar-refractivity contribution in [1.82, 2.24) is 8.87 Å². The Bertz CT molecular complexity index is 967. The highest BCUT2D eigenvalue weighted by molar-refractivity contribution is 7.98. The van der Waals surface area contributed by atoms with Gasteiger partial charge in [0, 0.05) is 35.9 Å². The minimum absolute atomic E-state index is 0.0111. The summed E-state index contributed by atoms with van der Waals surface area (Å²) in [5.74, 6) is -0.409. The Hall–Kier alpha value is -2.10. The molecule has 146 valence electrons. The Balaban J connectivity index is 2.23. The van der Waals surface area contributed by atoms with Crippen molar-refractivity contribution in [3.63, 3.8) is 0 Å². The monoisotopic (exact) mass is 409 g/mol. The van der Waals surface area contributed by atoms with Crippen LogP contribution in [0.25, 0.3) is 0 Å². The number of hydrogen-bond acceptors (Lipinski definition) is 5. The van der Waals surface area contributed by atoms with E-state index in [1.54, 1.807) is 31.7 Å². The number of carbonyl (C=O) groups excluding carboxylic acids is 1. The summed E-state index contributed by atoms with van der Waals surface area (Å²) in [7, 11) is -3.71. The van der Waals surface area contributed by atoms with E-state index in [2.05, 4.69) is 5.32 Å². The number of hydrogen-bond donors (Lipinski definition) is 1. The van der Waals surface area contributed by atoms with Crippen LogP contribution in [0.3, 0.4) is 0 Å². The lowest BCUT2D eigenvalue weighted by Crippen LogP contribution is -2.33. The van der Waals surface area contributed by atoms with Gasteiger partial charge in [-0.3, -0.25) is 9.59 Å². The van der Waals surface area contributed by atoms with Crippen molar-refractivity contribution in [2.45, 2.75) is 30.2 Å². The maximum absolute atomic E-state index is 12.6. The summed E-state index contributed by atoms with van der Waals surface area (Å²) in [5.41, 5.74) is 0.174. The molecule has 0 saturated heterocycles. The molecule has 0 spiro atoms. The van der Waals surface area contributed by atoms with Gasteiger partial charge in [0.05, 0.1) is 4.90 Å². The normalized spacial score (nSPS) is 11.6. The van der Waals surface area contributed by atoms with Crippen LogP contribution in [-0.4, -0.2) is 42.5 Å². The van der Waals surface area contributed by atoms with E-state index in [1.807, 2.05) is 24.5 Å². The predicted molar refractivity (Wildman–Crippen MR) is 108 cm³/mol. The maximum atomic E-state index is 12.6. The Labute approximate surface area is 163 Å². The number of benzene rings is 1. The zero-order valence-electron chi connectivity index (χ0n) is 15.5. The standard InChI is InChI=1S/C18H23N3O4S2/c1-4-21(5-2)27(24,25)16-9-10-18(23)20(12-16)13-17(22)19-14-7-6-8-15(11-14)26-3/h6-12H,4-5,13H2,1-3H3,(H,19,22). The number of aromatic nitrogens is 1. The Morgan fingerprint density at radius 3 is 2.52 bits per heavy atom. The van der Waals surface area contributed by atoms with Crippen LogP contribution in [0.5, 0.6) is 0 Å². The van der Waals surface area contributed by atoms with Crippen molar-refractivity contribution in [1.29, 1.82) is 0 Å². The number of carbonyl (C=O) groups is 1. The minimum Gasteiger partial charge on any atom is -0.324 e. The first-order valence-electron chi connectivity index (χ1n) is 8.46. The molecule has 0 aliphatic heterocycles. The van der Waals surface area contributed by atoms with E-state index in [1.165, 1.54) is 16.6 Å². The van der Waals surface area contributed by atoms with Gasteiger partial charge in [0.1, 0.15) is 6.54 Å². The van der Waals surface area contributed by atoms with Crippen molar-refractivity contribution in [3.05, 3.63) is 52.9 Å². The number of nitrogens with zero attached hydrogens (tertiary/aromatic N) is 2. The first-order chi connectivity index (χ1) is 12.8. The molecule has 0 aliphatic rings. The molecule has 2 aromatic rings. The van der Waals surface area contributed by atoms with E-state index >= 15 is 0 Å². The quantitative estimate of drug-likeness (QED) is 0.676. The molecule has 0 aliphatic carbocycles. The zero-order valence-corrected chi connectivity index (χ0v) is 17.1. The van der Waals surface area contributed by atoms with Crippen LogP contribution in [-0.2, 0) is 21.4 Å². The van der Waals surface area contributed by atoms with Gasteiger partial charge in [0.2, 0.25) is 15.9 Å². The lowest BCUT2D eigenvalue weighted by atomic mass is 10.3. The molecule has 27 heavy (non-hydrogen) atoms. The first kappa shape index (κ1) is 21.2. The molecule has 1 N–H and O–H groups in total. The summed E-state index contributed by atoms with van der Waals surface area (Å²) in [6.45, 7) is 3.86. The van der Waals surface area contributed by atoms with Gasteiger partial charge >= 0.3 is 0 Å². The molecular formula is C18H23N3O4S2. The van der Waals surface area contributed by atoms with Crippen LogP contribution in [0.4, 0.5) is 5.69 Å². The van der Waals surface area contributed by atoms with Crippen LogP contribution >= 0.6 is 11.8 Å². The molecule has 0 unspecified atom stereocenters. The second-order valence-electron chi connectivity index (χ2n) is 5.70. The summed E-state index contributed by atoms with van der Waals surface area (Å²) in [5, 5.41) is 2.72. The maximum Gasteiger partial charge on any atom is 0.251 e. The van der Waals surface area contributed by atoms with E-state index in [9.17, 15) is 18.0 Å². The number of pyridine rings is 1. The van der Waals surface area contributed by atoms with E-state index < -0.39 is 21.5 Å². The topological polar surface area (TPSA) is 88.5 Å². The van der Waals surface area contributed by atoms with Gasteiger partial charge in [-0.25, -0.2) is 8.42 Å². The molecular weight excluding hydrogens is 386 g/mol. The molecule has 0 fully saturated rings. The number of amides is 1. The van der Waals surface area contributed by atoms with E-state index in [0.717, 1.165) is 15.5 Å². The first-order valence-corrected chi connectivity index (χ1v) is 11.1. The second-order valence-corrected chi connectivity index (χ2v) is 8.52. The van der Waals surface area contributed by atoms with E-state index in [4.69, 9.17) is 0 Å². The third-order valence-corrected chi connectivity index (χ3v) is 6.73. The lowest BCUT2D eigenvalue weighted by molar-refractivity contribution is -0.116. The highest BCUT2D eigenvalue weighted by Gasteiger charge is 2.22. The fourth-order valence-electron chi connectivity index (χ4n) is 2.55. The zero-order chi connectivity index (χ0) is 20.0. The van der Waals surface area contributed by atoms with Gasteiger partial charge in [-0.2, -0.15) is 4.31 Å². The molecule has 2 rings (SSSR count). The van der Waals surface area contributed by atoms with Crippen molar-refractivity contribution < 1.29 is 13.2 Å². The largest absolute Gasteiger partial charge is 0.324 e. The van der Waals surface area contributed by atoms with Gasteiger partial charge in [-0.05, 0) is 30.5 Å². The van der Waals surface area contributed by atoms with Crippen LogP contribution in [0.1, 0.15) is 13.8 Å². The molecule has 1 heterocycles. The van der Waals surface area contributed by atoms with Crippen molar-refractivity contribution in [2.75, 3.05) is 24.7 Å². The van der Waals surface area contributed by atoms with Crippen LogP contribution in [0.2, 0.25) is 0 Å². The Morgan fingerprint density at radius 1 is 1.19 bits per heavy atom. The summed E-state index contributed by atoms with van der Waals surface area (Å²) < 4.78 is 27.6. The van der Waals surface area contributed by atoms with Gasteiger partial charge < -0.3 is 9.88 Å². The molecule has 0 bridgehead atoms. The third-order valence-electron chi connectivity index (χ3n) is 3.97. The highest BCUT2D eigenvalue weighted by Crippen LogP contribution is 2.19. The van der Waals surface area contributed by atoms with E-state index in [0.29, 0.717) is 18.8 Å². The highest BCUT2D eigenvalue weighted by atomic mass is 32.2. The summed E-state index contributed by atoms with van der Waals surface area (Å²) in [6.07, 6.45) is 3.15. The molecule has 0 saturated carbocycles. The van der Waals surface area contributed by atoms with Gasteiger partial charge in [0.15, 0.2) is 0 Å². The number of rotatable bonds is 8. The SMILES string of the molecule is CCN(CC)S(=O)(=O)c1ccc(=O)n(CC(=O)Nc2cccc(SC)c2)c1. The Morgan fingerprint density at radius 2 is 1.89 bits per heavy atom. The van der Waals surface area contributed by atoms with Crippen molar-refractivity contribution >= 4 is 33.4 Å². The molecule has 1 aromatic carbocycles. The van der Waals surface area contributed by atoms with Crippen molar-refractivity contribution in [2.24, 2.45) is 0 Å². The second kappa shape index (κ2) is 9.20. The lowest BCUT2D eigenvalue weighted by Gasteiger charge is -2.19. The number of anilines is 1. The van der Waals surface area contributed by atoms with Gasteiger partial charge in [0.25, 0.3) is 5.56 Å². The van der Waals surface area contributed by atoms with Gasteiger partial charge in [-0.15, -0.1) is 11.8 Å². The van der Waals surface area contributed by atoms with Crippen LogP contribution in [0, 0.1) is 0 Å². The molecule has 0 radical (unpaired) electrons. The minimum atomic E-state index is -3.71. The van der Waals surface area contributed by atoms with Crippen LogP contribution in [0.15, 0.2) is 57.2 Å². The fourth-order valence-corrected chi connectivity index (χ4v) is 4.49.